The van der Waals surface area contributed by atoms with Crippen LogP contribution in [0.4, 0.5) is 0 Å². The number of benzene rings is 1. The summed E-state index contributed by atoms with van der Waals surface area (Å²) in [6.45, 7) is 0.843. The summed E-state index contributed by atoms with van der Waals surface area (Å²) in [5.41, 5.74) is 0.357. The van der Waals surface area contributed by atoms with Crippen LogP contribution in [0.3, 0.4) is 0 Å². The first-order valence-corrected chi connectivity index (χ1v) is 9.42. The molecule has 0 radical (unpaired) electrons. The fourth-order valence-electron chi connectivity index (χ4n) is 2.73. The third kappa shape index (κ3) is 3.54. The lowest BCUT2D eigenvalue weighted by Gasteiger charge is -2.31. The van der Waals surface area contributed by atoms with E-state index in [-0.39, 0.29) is 25.3 Å². The minimum absolute atomic E-state index is 0.0755. The third-order valence-corrected chi connectivity index (χ3v) is 5.43. The van der Waals surface area contributed by atoms with Crippen LogP contribution in [-0.4, -0.2) is 50.8 Å². The van der Waals surface area contributed by atoms with Gasteiger partial charge in [-0.1, -0.05) is 11.6 Å². The molecule has 23 heavy (non-hydrogen) atoms. The Morgan fingerprint density at radius 1 is 1.39 bits per heavy atom. The van der Waals surface area contributed by atoms with E-state index >= 15 is 0 Å². The molecule has 2 aliphatic rings. The summed E-state index contributed by atoms with van der Waals surface area (Å²) in [6, 6.07) is 2.86. The van der Waals surface area contributed by atoms with Crippen LogP contribution < -0.4 is 14.8 Å². The Bertz CT molecular complexity index is 737. The minimum atomic E-state index is -3.25. The topological polar surface area (TPSA) is 84.9 Å². The molecule has 0 aliphatic carbocycles. The van der Waals surface area contributed by atoms with Crippen LogP contribution in [0.15, 0.2) is 12.1 Å². The molecule has 2 heterocycles. The third-order valence-electron chi connectivity index (χ3n) is 3.88. The predicted molar refractivity (Wildman–Crippen MR) is 84.5 cm³/mol. The molecule has 3 rings (SSSR count). The van der Waals surface area contributed by atoms with Gasteiger partial charge in [0.15, 0.2) is 11.5 Å². The van der Waals surface area contributed by atoms with Crippen molar-refractivity contribution in [1.29, 1.82) is 0 Å². The van der Waals surface area contributed by atoms with E-state index in [9.17, 15) is 13.2 Å². The molecule has 7 nitrogen and oxygen atoms in total. The Kier molecular flexibility index (Phi) is 4.39. The van der Waals surface area contributed by atoms with E-state index in [1.54, 1.807) is 6.07 Å². The van der Waals surface area contributed by atoms with Crippen LogP contribution in [0.2, 0.25) is 5.02 Å². The molecule has 126 valence electrons. The van der Waals surface area contributed by atoms with E-state index < -0.39 is 10.0 Å². The van der Waals surface area contributed by atoms with Crippen molar-refractivity contribution in [3.05, 3.63) is 22.7 Å². The number of sulfonamides is 1. The Balaban J connectivity index is 1.71. The average molecular weight is 361 g/mol. The number of carbonyl (C=O) groups excluding carboxylic acids is 1. The fourth-order valence-corrected chi connectivity index (χ4v) is 3.91. The zero-order valence-corrected chi connectivity index (χ0v) is 14.1. The van der Waals surface area contributed by atoms with Gasteiger partial charge in [0.05, 0.1) is 11.3 Å². The summed E-state index contributed by atoms with van der Waals surface area (Å²) in [6.07, 6.45) is 2.62. The van der Waals surface area contributed by atoms with E-state index in [0.29, 0.717) is 35.1 Å². The van der Waals surface area contributed by atoms with Gasteiger partial charge in [-0.25, -0.2) is 12.7 Å². The molecular weight excluding hydrogens is 344 g/mol. The Hall–Kier alpha value is -1.51. The van der Waals surface area contributed by atoms with Crippen molar-refractivity contribution >= 4 is 27.5 Å². The molecular formula is C14H17ClN2O5S. The van der Waals surface area contributed by atoms with Gasteiger partial charge in [0, 0.05) is 24.7 Å². The maximum atomic E-state index is 12.4. The highest BCUT2D eigenvalue weighted by molar-refractivity contribution is 7.88. The highest BCUT2D eigenvalue weighted by atomic mass is 35.5. The number of hydrogen-bond acceptors (Lipinski definition) is 5. The van der Waals surface area contributed by atoms with E-state index in [1.165, 1.54) is 16.6 Å². The van der Waals surface area contributed by atoms with Crippen molar-refractivity contribution < 1.29 is 22.7 Å². The van der Waals surface area contributed by atoms with Gasteiger partial charge in [0.25, 0.3) is 5.91 Å². The molecule has 2 aliphatic heterocycles. The molecule has 1 amide bonds. The van der Waals surface area contributed by atoms with Crippen LogP contribution in [0.1, 0.15) is 23.2 Å². The molecule has 1 aromatic rings. The lowest BCUT2D eigenvalue weighted by molar-refractivity contribution is 0.0921. The van der Waals surface area contributed by atoms with Crippen molar-refractivity contribution in [2.45, 2.75) is 18.9 Å². The molecule has 1 fully saturated rings. The molecule has 1 atom stereocenters. The lowest BCUT2D eigenvalue weighted by Crippen LogP contribution is -2.49. The molecule has 0 bridgehead atoms. The van der Waals surface area contributed by atoms with Gasteiger partial charge in [-0.15, -0.1) is 0 Å². The first-order valence-electron chi connectivity index (χ1n) is 7.20. The first kappa shape index (κ1) is 16.4. The molecule has 1 saturated heterocycles. The molecule has 0 aromatic heterocycles. The maximum absolute atomic E-state index is 12.4. The summed E-state index contributed by atoms with van der Waals surface area (Å²) in [5, 5.41) is 3.17. The predicted octanol–water partition coefficient (Wildman–Crippen LogP) is 1.22. The summed E-state index contributed by atoms with van der Waals surface area (Å²) < 4.78 is 35.1. The average Bonchev–Trinajstić information content (AvgIpc) is 2.95. The van der Waals surface area contributed by atoms with Crippen molar-refractivity contribution in [3.63, 3.8) is 0 Å². The maximum Gasteiger partial charge on any atom is 0.251 e. The van der Waals surface area contributed by atoms with Gasteiger partial charge in [0.1, 0.15) is 0 Å². The summed E-state index contributed by atoms with van der Waals surface area (Å²) in [7, 11) is -3.25. The number of amides is 1. The number of ether oxygens (including phenoxy) is 2. The van der Waals surface area contributed by atoms with E-state index in [2.05, 4.69) is 5.32 Å². The fraction of sp³-hybridized carbons (Fsp3) is 0.500. The Morgan fingerprint density at radius 3 is 2.91 bits per heavy atom. The second-order valence-corrected chi connectivity index (χ2v) is 8.02. The molecule has 1 unspecified atom stereocenters. The Labute approximate surface area is 139 Å². The second-order valence-electron chi connectivity index (χ2n) is 5.63. The van der Waals surface area contributed by atoms with E-state index in [0.717, 1.165) is 6.42 Å². The molecule has 1 N–H and O–H groups in total. The number of piperidine rings is 1. The quantitative estimate of drug-likeness (QED) is 0.876. The van der Waals surface area contributed by atoms with Crippen molar-refractivity contribution in [2.75, 3.05) is 26.1 Å². The summed E-state index contributed by atoms with van der Waals surface area (Å²) in [4.78, 5) is 12.4. The monoisotopic (exact) mass is 360 g/mol. The van der Waals surface area contributed by atoms with Crippen LogP contribution in [0.25, 0.3) is 0 Å². The van der Waals surface area contributed by atoms with Crippen LogP contribution in [0.5, 0.6) is 11.5 Å². The van der Waals surface area contributed by atoms with Gasteiger partial charge in [-0.3, -0.25) is 4.79 Å². The number of rotatable bonds is 3. The zero-order chi connectivity index (χ0) is 16.6. The smallest absolute Gasteiger partial charge is 0.251 e. The van der Waals surface area contributed by atoms with Crippen LogP contribution in [-0.2, 0) is 10.0 Å². The van der Waals surface area contributed by atoms with E-state index in [1.807, 2.05) is 0 Å². The lowest BCUT2D eigenvalue weighted by atomic mass is 10.1. The van der Waals surface area contributed by atoms with Gasteiger partial charge in [-0.2, -0.15) is 0 Å². The van der Waals surface area contributed by atoms with Gasteiger partial charge in [-0.05, 0) is 25.0 Å². The van der Waals surface area contributed by atoms with Crippen molar-refractivity contribution in [3.8, 4) is 11.5 Å². The minimum Gasteiger partial charge on any atom is -0.454 e. The number of hydrogen-bond donors (Lipinski definition) is 1. The highest BCUT2D eigenvalue weighted by Crippen LogP contribution is 2.39. The number of nitrogens with one attached hydrogen (secondary N) is 1. The van der Waals surface area contributed by atoms with Crippen molar-refractivity contribution in [2.24, 2.45) is 0 Å². The first-order chi connectivity index (χ1) is 10.8. The van der Waals surface area contributed by atoms with Gasteiger partial charge in [0.2, 0.25) is 16.8 Å². The molecule has 9 heteroatoms. The number of carbonyl (C=O) groups is 1. The molecule has 1 aromatic carbocycles. The molecule has 0 spiro atoms. The second kappa shape index (κ2) is 6.18. The SMILES string of the molecule is CS(=O)(=O)N1CCCC(NC(=O)c2cc(Cl)c3c(c2)OCO3)C1. The number of fused-ring (bicyclic) bond motifs is 1. The van der Waals surface area contributed by atoms with Crippen LogP contribution in [0, 0.1) is 0 Å². The number of halogens is 1. The summed E-state index contributed by atoms with van der Waals surface area (Å²) >= 11 is 6.07. The standard InChI is InChI=1S/C14H17ClN2O5S/c1-23(19,20)17-4-2-3-10(7-17)16-14(18)9-5-11(15)13-12(6-9)21-8-22-13/h5-6,10H,2-4,7-8H2,1H3,(H,16,18). The Morgan fingerprint density at radius 2 is 2.17 bits per heavy atom. The van der Waals surface area contributed by atoms with Crippen LogP contribution >= 0.6 is 11.6 Å². The van der Waals surface area contributed by atoms with Gasteiger partial charge < -0.3 is 14.8 Å². The van der Waals surface area contributed by atoms with Crippen molar-refractivity contribution in [1.82, 2.24) is 9.62 Å². The van der Waals surface area contributed by atoms with E-state index in [4.69, 9.17) is 21.1 Å². The van der Waals surface area contributed by atoms with Gasteiger partial charge >= 0.3 is 0 Å². The molecule has 0 saturated carbocycles. The largest absolute Gasteiger partial charge is 0.454 e. The number of nitrogens with zero attached hydrogens (tertiary/aromatic N) is 1. The zero-order valence-electron chi connectivity index (χ0n) is 12.5. The normalized spacial score (nSPS) is 21.2. The highest BCUT2D eigenvalue weighted by Gasteiger charge is 2.28. The summed E-state index contributed by atoms with van der Waals surface area (Å²) in [5.74, 6) is 0.554.